The van der Waals surface area contributed by atoms with Crippen LogP contribution >= 0.6 is 24.0 Å². The van der Waals surface area contributed by atoms with E-state index in [0.29, 0.717) is 5.75 Å². The summed E-state index contributed by atoms with van der Waals surface area (Å²) in [6.07, 6.45) is 4.80. The van der Waals surface area contributed by atoms with Crippen LogP contribution in [0.15, 0.2) is 0 Å². The smallest absolute Gasteiger partial charge is 0.136 e. The van der Waals surface area contributed by atoms with Crippen LogP contribution in [0.3, 0.4) is 0 Å². The maximum absolute atomic E-state index is 8.75. The van der Waals surface area contributed by atoms with E-state index in [4.69, 9.17) is 17.3 Å². The van der Waals surface area contributed by atoms with E-state index in [2.05, 4.69) is 18.7 Å². The van der Waals surface area contributed by atoms with E-state index in [1.54, 1.807) is 11.8 Å². The second kappa shape index (κ2) is 10.7. The van der Waals surface area contributed by atoms with Crippen LogP contribution in [0.1, 0.15) is 39.5 Å². The number of aliphatic hydroxyl groups is 1. The second-order valence-corrected chi connectivity index (χ2v) is 5.26. The van der Waals surface area contributed by atoms with Gasteiger partial charge in [0.2, 0.25) is 0 Å². The van der Waals surface area contributed by atoms with Crippen LogP contribution in [-0.4, -0.2) is 39.8 Å². The molecule has 0 fully saturated rings. The van der Waals surface area contributed by atoms with Crippen LogP contribution in [-0.2, 0) is 0 Å². The lowest BCUT2D eigenvalue weighted by atomic mass is 10.3. The van der Waals surface area contributed by atoms with Crippen molar-refractivity contribution in [2.45, 2.75) is 39.5 Å². The summed E-state index contributed by atoms with van der Waals surface area (Å²) in [6, 6.07) is 0. The van der Waals surface area contributed by atoms with E-state index in [0.717, 1.165) is 17.4 Å². The summed E-state index contributed by atoms with van der Waals surface area (Å²) >= 11 is 6.94. The first-order valence-corrected chi connectivity index (χ1v) is 7.18. The van der Waals surface area contributed by atoms with Gasteiger partial charge >= 0.3 is 0 Å². The molecule has 90 valence electrons. The number of thiocarbonyl (C=S) groups is 1. The lowest BCUT2D eigenvalue weighted by molar-refractivity contribution is 0.322. The van der Waals surface area contributed by atoms with Gasteiger partial charge in [-0.1, -0.05) is 50.7 Å². The van der Waals surface area contributed by atoms with E-state index >= 15 is 0 Å². The molecule has 0 aliphatic rings. The predicted octanol–water partition coefficient (Wildman–Crippen LogP) is 2.90. The van der Waals surface area contributed by atoms with Gasteiger partial charge in [0.1, 0.15) is 4.32 Å². The lowest BCUT2D eigenvalue weighted by Gasteiger charge is -2.24. The van der Waals surface area contributed by atoms with E-state index in [1.165, 1.54) is 25.7 Å². The van der Waals surface area contributed by atoms with Crippen molar-refractivity contribution in [3.05, 3.63) is 0 Å². The Morgan fingerprint density at radius 1 is 1.20 bits per heavy atom. The van der Waals surface area contributed by atoms with E-state index in [-0.39, 0.29) is 6.61 Å². The number of nitrogens with zero attached hydrogens (tertiary/aromatic N) is 1. The first kappa shape index (κ1) is 15.2. The quantitative estimate of drug-likeness (QED) is 0.668. The zero-order valence-electron chi connectivity index (χ0n) is 9.87. The molecule has 0 atom stereocenters. The van der Waals surface area contributed by atoms with Gasteiger partial charge in [-0.25, -0.2) is 0 Å². The summed E-state index contributed by atoms with van der Waals surface area (Å²) < 4.78 is 0.950. The number of aliphatic hydroxyl groups excluding tert-OH is 1. The van der Waals surface area contributed by atoms with Gasteiger partial charge < -0.3 is 10.0 Å². The summed E-state index contributed by atoms with van der Waals surface area (Å²) in [5.74, 6) is 0.716. The van der Waals surface area contributed by atoms with Crippen LogP contribution in [0, 0.1) is 0 Å². The fourth-order valence-electron chi connectivity index (χ4n) is 1.22. The van der Waals surface area contributed by atoms with Gasteiger partial charge in [-0.05, 0) is 12.8 Å². The molecule has 0 aliphatic heterocycles. The normalized spacial score (nSPS) is 10.3. The molecule has 0 saturated carbocycles. The van der Waals surface area contributed by atoms with Gasteiger partial charge in [0, 0.05) is 18.8 Å². The minimum atomic E-state index is 0.209. The maximum atomic E-state index is 8.75. The molecule has 0 aromatic heterocycles. The third-order valence-corrected chi connectivity index (χ3v) is 3.64. The van der Waals surface area contributed by atoms with Crippen LogP contribution in [0.2, 0.25) is 0 Å². The molecular weight excluding hydrogens is 226 g/mol. The third kappa shape index (κ3) is 8.05. The van der Waals surface area contributed by atoms with Crippen molar-refractivity contribution in [3.8, 4) is 0 Å². The fraction of sp³-hybridized carbons (Fsp3) is 0.909. The average Bonchev–Trinajstić information content (AvgIpc) is 2.26. The molecule has 2 nitrogen and oxygen atoms in total. The van der Waals surface area contributed by atoms with Crippen molar-refractivity contribution in [2.75, 3.05) is 25.4 Å². The minimum absolute atomic E-state index is 0.209. The largest absolute Gasteiger partial charge is 0.396 e. The first-order chi connectivity index (χ1) is 7.26. The number of hydrogen-bond acceptors (Lipinski definition) is 3. The highest BCUT2D eigenvalue weighted by molar-refractivity contribution is 8.22. The highest BCUT2D eigenvalue weighted by Crippen LogP contribution is 2.11. The first-order valence-electron chi connectivity index (χ1n) is 5.78. The zero-order chi connectivity index (χ0) is 11.5. The minimum Gasteiger partial charge on any atom is -0.396 e. The van der Waals surface area contributed by atoms with Crippen molar-refractivity contribution >= 4 is 28.3 Å². The predicted molar refractivity (Wildman–Crippen MR) is 73.5 cm³/mol. The van der Waals surface area contributed by atoms with Gasteiger partial charge in [0.25, 0.3) is 0 Å². The molecular formula is C11H23NOS2. The van der Waals surface area contributed by atoms with Crippen molar-refractivity contribution in [2.24, 2.45) is 0 Å². The summed E-state index contributed by atoms with van der Waals surface area (Å²) in [7, 11) is 0. The Labute approximate surface area is 103 Å². The Morgan fingerprint density at radius 2 is 1.73 bits per heavy atom. The molecule has 1 N–H and O–H groups in total. The summed E-state index contributed by atoms with van der Waals surface area (Å²) in [6.45, 7) is 6.73. The van der Waals surface area contributed by atoms with Crippen molar-refractivity contribution in [1.82, 2.24) is 4.90 Å². The lowest BCUT2D eigenvalue weighted by Crippen LogP contribution is -2.30. The zero-order valence-corrected chi connectivity index (χ0v) is 11.5. The topological polar surface area (TPSA) is 23.5 Å². The SMILES string of the molecule is CCCCN(CCCC)C(=S)SCCO. The Kier molecular flexibility index (Phi) is 10.9. The standard InChI is InChI=1S/C11H23NOS2/c1-3-5-7-12(8-6-4-2)11(14)15-10-9-13/h13H,3-10H2,1-2H3. The molecule has 0 unspecified atom stereocenters. The van der Waals surface area contributed by atoms with Gasteiger partial charge in [0.05, 0.1) is 6.61 Å². The van der Waals surface area contributed by atoms with Crippen molar-refractivity contribution in [1.29, 1.82) is 0 Å². The molecule has 0 heterocycles. The number of thioether (sulfide) groups is 1. The number of hydrogen-bond donors (Lipinski definition) is 1. The Bertz CT molecular complexity index is 157. The van der Waals surface area contributed by atoms with E-state index in [9.17, 15) is 0 Å². The van der Waals surface area contributed by atoms with E-state index < -0.39 is 0 Å². The number of rotatable bonds is 8. The molecule has 0 aromatic carbocycles. The van der Waals surface area contributed by atoms with Crippen LogP contribution in [0.4, 0.5) is 0 Å². The Hall–Kier alpha value is 0.200. The molecule has 15 heavy (non-hydrogen) atoms. The maximum Gasteiger partial charge on any atom is 0.136 e. The fourth-order valence-corrected chi connectivity index (χ4v) is 2.28. The Morgan fingerprint density at radius 3 is 2.13 bits per heavy atom. The second-order valence-electron chi connectivity index (χ2n) is 3.53. The molecule has 0 bridgehead atoms. The van der Waals surface area contributed by atoms with Crippen molar-refractivity contribution in [3.63, 3.8) is 0 Å². The molecule has 0 amide bonds. The molecule has 0 spiro atoms. The average molecular weight is 249 g/mol. The summed E-state index contributed by atoms with van der Waals surface area (Å²) in [5, 5.41) is 8.75. The van der Waals surface area contributed by atoms with Crippen molar-refractivity contribution < 1.29 is 5.11 Å². The Balaban J connectivity index is 3.90. The van der Waals surface area contributed by atoms with Gasteiger partial charge in [-0.2, -0.15) is 0 Å². The van der Waals surface area contributed by atoms with Gasteiger partial charge in [-0.15, -0.1) is 0 Å². The van der Waals surface area contributed by atoms with Crippen LogP contribution < -0.4 is 0 Å². The molecule has 0 radical (unpaired) electrons. The number of unbranched alkanes of at least 4 members (excludes halogenated alkanes) is 2. The monoisotopic (exact) mass is 249 g/mol. The highest BCUT2D eigenvalue weighted by Gasteiger charge is 2.08. The summed E-state index contributed by atoms with van der Waals surface area (Å²) in [5.41, 5.74) is 0. The van der Waals surface area contributed by atoms with Crippen LogP contribution in [0.25, 0.3) is 0 Å². The van der Waals surface area contributed by atoms with Gasteiger partial charge in [-0.3, -0.25) is 0 Å². The third-order valence-electron chi connectivity index (χ3n) is 2.14. The molecule has 4 heteroatoms. The van der Waals surface area contributed by atoms with Gasteiger partial charge in [0.15, 0.2) is 0 Å². The molecule has 0 saturated heterocycles. The van der Waals surface area contributed by atoms with Crippen LogP contribution in [0.5, 0.6) is 0 Å². The molecule has 0 aromatic rings. The molecule has 0 aliphatic carbocycles. The molecule has 0 rings (SSSR count). The van der Waals surface area contributed by atoms with E-state index in [1.807, 2.05) is 0 Å². The summed E-state index contributed by atoms with van der Waals surface area (Å²) in [4.78, 5) is 2.28. The highest BCUT2D eigenvalue weighted by atomic mass is 32.2.